The Bertz CT molecular complexity index is 47.9. The topological polar surface area (TPSA) is 0 Å². The summed E-state index contributed by atoms with van der Waals surface area (Å²) in [5.74, 6) is 0. The Morgan fingerprint density at radius 1 is 0.455 bits per heavy atom. The Morgan fingerprint density at radius 3 is 0.455 bits per heavy atom. The lowest BCUT2D eigenvalue weighted by Gasteiger charge is -2.05. The Kier molecular flexibility index (Phi) is 8.90. The van der Waals surface area contributed by atoms with Gasteiger partial charge in [-0.2, -0.15) is 0 Å². The molecule has 0 aliphatic rings. The summed E-state index contributed by atoms with van der Waals surface area (Å²) in [4.78, 5) is 0. The van der Waals surface area contributed by atoms with Crippen LogP contribution in [-0.2, 0) is 0 Å². The van der Waals surface area contributed by atoms with Gasteiger partial charge in [0, 0.05) is 8.41 Å². The molecule has 0 unspecified atom stereocenters. The number of rotatable bonds is 0. The molecule has 0 spiro atoms. The van der Waals surface area contributed by atoms with Crippen LogP contribution in [0.5, 0.6) is 0 Å². The van der Waals surface area contributed by atoms with Crippen LogP contribution in [0.2, 0.25) is 0 Å². The van der Waals surface area contributed by atoms with Gasteiger partial charge in [-0.25, -0.2) is 0 Å². The van der Waals surface area contributed by atoms with E-state index in [1.165, 1.54) is 0 Å². The van der Waals surface area contributed by atoms with Gasteiger partial charge in [-0.1, -0.05) is 55.4 Å². The molecule has 0 saturated heterocycles. The Balaban J connectivity index is -0.000000107. The zero-order valence-electron chi connectivity index (χ0n) is 9.58. The lowest BCUT2D eigenvalue weighted by atomic mass is 10.0. The van der Waals surface area contributed by atoms with E-state index in [9.17, 15) is 0 Å². The minimum atomic E-state index is 0. The molecule has 0 rings (SSSR count). The lowest BCUT2D eigenvalue weighted by Crippen LogP contribution is -1.93. The first-order valence-electron chi connectivity index (χ1n) is 4.00. The second-order valence-corrected chi connectivity index (χ2v) is 6.00. The van der Waals surface area contributed by atoms with E-state index in [4.69, 9.17) is 0 Å². The highest BCUT2D eigenvalue weighted by Crippen LogP contribution is 2.08. The smallest absolute Gasteiger partial charge is 0 e. The minimum Gasteiger partial charge on any atom is -0.0604 e. The van der Waals surface area contributed by atoms with Gasteiger partial charge in [-0.3, -0.25) is 0 Å². The largest absolute Gasteiger partial charge is 0.0604 e. The summed E-state index contributed by atoms with van der Waals surface area (Å²) in [5.41, 5.74) is 1.00. The van der Waals surface area contributed by atoms with Crippen LogP contribution in [0.25, 0.3) is 0 Å². The molecule has 67 valence electrons. The van der Waals surface area contributed by atoms with Crippen molar-refractivity contribution in [3.8, 4) is 0 Å². The third-order valence-corrected chi connectivity index (χ3v) is 0. The highest BCUT2D eigenvalue weighted by Gasteiger charge is 1.96. The van der Waals surface area contributed by atoms with Crippen LogP contribution in [0.1, 0.15) is 55.4 Å². The summed E-state index contributed by atoms with van der Waals surface area (Å²) >= 11 is 0. The van der Waals surface area contributed by atoms with Crippen molar-refractivity contribution in [3.05, 3.63) is 0 Å². The van der Waals surface area contributed by atoms with Crippen LogP contribution in [0.3, 0.4) is 0 Å². The van der Waals surface area contributed by atoms with Crippen molar-refractivity contribution in [1.29, 1.82) is 0 Å². The quantitative estimate of drug-likeness (QED) is 0.467. The fourth-order valence-electron chi connectivity index (χ4n) is 0. The van der Waals surface area contributed by atoms with Crippen molar-refractivity contribution in [2.45, 2.75) is 55.4 Å². The van der Waals surface area contributed by atoms with E-state index in [1.54, 1.807) is 0 Å². The normalized spacial score (nSPS) is 10.9. The molecule has 0 saturated carbocycles. The highest BCUT2D eigenvalue weighted by molar-refractivity contribution is 5.75. The van der Waals surface area contributed by atoms with Gasteiger partial charge in [0.15, 0.2) is 0 Å². The van der Waals surface area contributed by atoms with E-state index in [2.05, 4.69) is 55.4 Å². The van der Waals surface area contributed by atoms with Crippen LogP contribution in [0.15, 0.2) is 0 Å². The molecule has 0 heterocycles. The monoisotopic (exact) mass is 155 g/mol. The molecule has 3 radical (unpaired) electrons. The summed E-state index contributed by atoms with van der Waals surface area (Å²) in [7, 11) is 0. The molecule has 0 N–H and O–H groups in total. The van der Waals surface area contributed by atoms with Crippen LogP contribution in [-0.4, -0.2) is 8.41 Å². The molecule has 0 nitrogen and oxygen atoms in total. The summed E-state index contributed by atoms with van der Waals surface area (Å²) in [6, 6.07) is 0. The summed E-state index contributed by atoms with van der Waals surface area (Å²) in [5, 5.41) is 0. The van der Waals surface area contributed by atoms with Crippen molar-refractivity contribution < 1.29 is 0 Å². The molecule has 0 atom stereocenters. The van der Waals surface area contributed by atoms with E-state index in [0.29, 0.717) is 10.8 Å². The standard InChI is InChI=1S/2C5H12.B/c2*1-5(2,3)4;/h2*1-4H3;. The first-order chi connectivity index (χ1) is 4.00. The van der Waals surface area contributed by atoms with Gasteiger partial charge in [0.05, 0.1) is 0 Å². The molecule has 11 heavy (non-hydrogen) atoms. The first kappa shape index (κ1) is 17.2. The Labute approximate surface area is 75.4 Å². The van der Waals surface area contributed by atoms with E-state index in [0.717, 1.165) is 0 Å². The van der Waals surface area contributed by atoms with E-state index >= 15 is 0 Å². The third kappa shape index (κ3) is 155000. The van der Waals surface area contributed by atoms with E-state index < -0.39 is 0 Å². The zero-order chi connectivity index (χ0) is 9.00. The Morgan fingerprint density at radius 2 is 0.455 bits per heavy atom. The molecule has 1 heteroatoms. The summed E-state index contributed by atoms with van der Waals surface area (Å²) in [6.07, 6.45) is 0. The fraction of sp³-hybridized carbons (Fsp3) is 1.00. The molecule has 0 aromatic heterocycles. The fourth-order valence-corrected chi connectivity index (χ4v) is 0. The van der Waals surface area contributed by atoms with E-state index in [1.807, 2.05) is 0 Å². The molecule has 0 aromatic rings. The van der Waals surface area contributed by atoms with Crippen LogP contribution >= 0.6 is 0 Å². The van der Waals surface area contributed by atoms with Crippen molar-refractivity contribution in [2.24, 2.45) is 10.8 Å². The van der Waals surface area contributed by atoms with Gasteiger partial charge in [-0.15, -0.1) is 0 Å². The van der Waals surface area contributed by atoms with Gasteiger partial charge >= 0.3 is 0 Å². The van der Waals surface area contributed by atoms with Crippen molar-refractivity contribution >= 4 is 8.41 Å². The molecule has 0 aliphatic heterocycles. The average molecular weight is 155 g/mol. The molecule has 0 fully saturated rings. The molecular weight excluding hydrogens is 131 g/mol. The van der Waals surface area contributed by atoms with Gasteiger partial charge in [0.1, 0.15) is 0 Å². The summed E-state index contributed by atoms with van der Waals surface area (Å²) in [6.45, 7) is 17.5. The molecule has 0 bridgehead atoms. The van der Waals surface area contributed by atoms with Crippen molar-refractivity contribution in [2.75, 3.05) is 0 Å². The maximum Gasteiger partial charge on any atom is 0 e. The van der Waals surface area contributed by atoms with Crippen LogP contribution in [0, 0.1) is 10.8 Å². The maximum absolute atomic E-state index is 2.19. The third-order valence-electron chi connectivity index (χ3n) is 0. The number of hydrogen-bond donors (Lipinski definition) is 0. The number of hydrogen-bond acceptors (Lipinski definition) is 0. The second kappa shape index (κ2) is 5.68. The van der Waals surface area contributed by atoms with Gasteiger partial charge < -0.3 is 0 Å². The van der Waals surface area contributed by atoms with Crippen molar-refractivity contribution in [1.82, 2.24) is 0 Å². The van der Waals surface area contributed by atoms with Gasteiger partial charge in [0.25, 0.3) is 0 Å². The predicted molar refractivity (Wildman–Crippen MR) is 56.0 cm³/mol. The molecule has 0 amide bonds. The average Bonchev–Trinajstić information content (AvgIpc) is 1.12. The molecule has 0 aliphatic carbocycles. The predicted octanol–water partition coefficient (Wildman–Crippen LogP) is 3.72. The van der Waals surface area contributed by atoms with Gasteiger partial charge in [0.2, 0.25) is 0 Å². The maximum atomic E-state index is 2.19. The molecular formula is C10H24B. The highest BCUT2D eigenvalue weighted by atomic mass is 14.0. The molecule has 0 aromatic carbocycles. The van der Waals surface area contributed by atoms with E-state index in [-0.39, 0.29) is 8.41 Å². The second-order valence-electron chi connectivity index (χ2n) is 6.00. The van der Waals surface area contributed by atoms with Crippen LogP contribution in [0.4, 0.5) is 0 Å². The Hall–Kier alpha value is 0.0649. The first-order valence-corrected chi connectivity index (χ1v) is 4.00. The SMILES string of the molecule is CC(C)(C)C.CC(C)(C)C.[B]. The summed E-state index contributed by atoms with van der Waals surface area (Å²) < 4.78 is 0. The van der Waals surface area contributed by atoms with Crippen molar-refractivity contribution in [3.63, 3.8) is 0 Å². The van der Waals surface area contributed by atoms with Gasteiger partial charge in [-0.05, 0) is 10.8 Å². The van der Waals surface area contributed by atoms with Crippen LogP contribution < -0.4 is 0 Å². The zero-order valence-corrected chi connectivity index (χ0v) is 9.58. The minimum absolute atomic E-state index is 0. The lowest BCUT2D eigenvalue weighted by molar-refractivity contribution is 0.469.